The van der Waals surface area contributed by atoms with Gasteiger partial charge in [-0.05, 0) is 92.1 Å². The van der Waals surface area contributed by atoms with Gasteiger partial charge in [-0.1, -0.05) is 76.9 Å². The number of hydrogen-bond acceptors (Lipinski definition) is 5. The predicted molar refractivity (Wildman–Crippen MR) is 190 cm³/mol. The van der Waals surface area contributed by atoms with E-state index in [0.29, 0.717) is 23.8 Å². The lowest BCUT2D eigenvalue weighted by Crippen LogP contribution is -2.54. The highest BCUT2D eigenvalue weighted by atomic mass is 79.9. The first kappa shape index (κ1) is 36.0. The lowest BCUT2D eigenvalue weighted by atomic mass is 10.0. The van der Waals surface area contributed by atoms with Gasteiger partial charge in [-0.2, -0.15) is 0 Å². The fourth-order valence-corrected chi connectivity index (χ4v) is 6.95. The third-order valence-electron chi connectivity index (χ3n) is 7.63. The van der Waals surface area contributed by atoms with E-state index in [2.05, 4.69) is 21.2 Å². The zero-order chi connectivity index (χ0) is 34.0. The summed E-state index contributed by atoms with van der Waals surface area (Å²) in [7, 11) is -4.25. The quantitative estimate of drug-likeness (QED) is 0.139. The van der Waals surface area contributed by atoms with Crippen LogP contribution in [-0.4, -0.2) is 50.4 Å². The molecule has 0 aliphatic rings. The second-order valence-corrected chi connectivity index (χ2v) is 14.3. The van der Waals surface area contributed by atoms with E-state index in [4.69, 9.17) is 16.3 Å². The number of nitrogens with zero attached hydrogens (tertiary/aromatic N) is 2. The molecule has 0 saturated carbocycles. The molecule has 0 aliphatic heterocycles. The van der Waals surface area contributed by atoms with Gasteiger partial charge in [0.25, 0.3) is 10.0 Å². The number of amides is 2. The smallest absolute Gasteiger partial charge is 0.264 e. The van der Waals surface area contributed by atoms with Crippen molar-refractivity contribution in [1.29, 1.82) is 0 Å². The van der Waals surface area contributed by atoms with E-state index in [0.717, 1.165) is 19.9 Å². The van der Waals surface area contributed by atoms with Crippen LogP contribution >= 0.6 is 27.5 Å². The number of benzene rings is 4. The highest BCUT2D eigenvalue weighted by Crippen LogP contribution is 2.28. The standard InChI is InChI=1S/C36H39BrClN3O5S/c1-4-26(3)39-36(43)34(23-27-10-7-6-8-11-27)40(24-28-12-9-13-29(37)22-28)35(42)25-41(31-16-18-32(19-17-31)46-5-2)47(44,45)33-20-14-30(38)15-21-33/h6-22,26,34H,4-5,23-25H2,1-3H3,(H,39,43). The van der Waals surface area contributed by atoms with Crippen LogP contribution in [0.15, 0.2) is 112 Å². The summed E-state index contributed by atoms with van der Waals surface area (Å²) < 4.78 is 35.8. The molecule has 2 amide bonds. The lowest BCUT2D eigenvalue weighted by Gasteiger charge is -2.34. The van der Waals surface area contributed by atoms with E-state index in [-0.39, 0.29) is 35.5 Å². The van der Waals surface area contributed by atoms with Crippen molar-refractivity contribution in [2.75, 3.05) is 17.5 Å². The van der Waals surface area contributed by atoms with Crippen molar-refractivity contribution in [3.63, 3.8) is 0 Å². The van der Waals surface area contributed by atoms with Crippen LogP contribution in [0.3, 0.4) is 0 Å². The molecule has 47 heavy (non-hydrogen) atoms. The van der Waals surface area contributed by atoms with Crippen molar-refractivity contribution in [3.05, 3.63) is 124 Å². The summed E-state index contributed by atoms with van der Waals surface area (Å²) in [5.74, 6) is -0.302. The molecule has 8 nitrogen and oxygen atoms in total. The summed E-state index contributed by atoms with van der Waals surface area (Å²) >= 11 is 9.58. The van der Waals surface area contributed by atoms with Crippen molar-refractivity contribution < 1.29 is 22.7 Å². The number of carbonyl (C=O) groups is 2. The molecule has 1 N–H and O–H groups in total. The van der Waals surface area contributed by atoms with Gasteiger partial charge in [0.2, 0.25) is 11.8 Å². The van der Waals surface area contributed by atoms with Gasteiger partial charge in [-0.3, -0.25) is 13.9 Å². The minimum Gasteiger partial charge on any atom is -0.494 e. The first-order chi connectivity index (χ1) is 22.5. The summed E-state index contributed by atoms with van der Waals surface area (Å²) in [6.45, 7) is 5.68. The molecule has 0 aliphatic carbocycles. The molecule has 0 aromatic heterocycles. The minimum atomic E-state index is -4.25. The molecule has 4 aromatic carbocycles. The van der Waals surface area contributed by atoms with Crippen molar-refractivity contribution in [3.8, 4) is 5.75 Å². The van der Waals surface area contributed by atoms with Gasteiger partial charge in [-0.25, -0.2) is 8.42 Å². The Kier molecular flexibility index (Phi) is 12.9. The molecular formula is C36H39BrClN3O5S. The number of nitrogens with one attached hydrogen (secondary N) is 1. The maximum atomic E-state index is 14.6. The van der Waals surface area contributed by atoms with E-state index >= 15 is 0 Å². The minimum absolute atomic E-state index is 0.0301. The Morgan fingerprint density at radius 3 is 2.17 bits per heavy atom. The highest BCUT2D eigenvalue weighted by molar-refractivity contribution is 9.10. The Labute approximate surface area is 290 Å². The van der Waals surface area contributed by atoms with Gasteiger partial charge in [0.05, 0.1) is 17.2 Å². The highest BCUT2D eigenvalue weighted by Gasteiger charge is 2.35. The Bertz CT molecular complexity index is 1740. The third kappa shape index (κ3) is 9.82. The normalized spacial score (nSPS) is 12.5. The van der Waals surface area contributed by atoms with Crippen LogP contribution in [-0.2, 0) is 32.6 Å². The first-order valence-electron chi connectivity index (χ1n) is 15.4. The van der Waals surface area contributed by atoms with Gasteiger partial charge in [0.1, 0.15) is 18.3 Å². The lowest BCUT2D eigenvalue weighted by molar-refractivity contribution is -0.140. The van der Waals surface area contributed by atoms with Gasteiger partial charge < -0.3 is 15.0 Å². The van der Waals surface area contributed by atoms with Crippen molar-refractivity contribution in [2.45, 2.75) is 57.1 Å². The SMILES string of the molecule is CCOc1ccc(N(CC(=O)N(Cc2cccc(Br)c2)C(Cc2ccccc2)C(=O)NC(C)CC)S(=O)(=O)c2ccc(Cl)cc2)cc1. The molecule has 11 heteroatoms. The monoisotopic (exact) mass is 739 g/mol. The number of carbonyl (C=O) groups excluding carboxylic acids is 2. The second-order valence-electron chi connectivity index (χ2n) is 11.1. The molecule has 0 spiro atoms. The van der Waals surface area contributed by atoms with Crippen LogP contribution in [0.2, 0.25) is 5.02 Å². The fraction of sp³-hybridized carbons (Fsp3) is 0.278. The average Bonchev–Trinajstić information content (AvgIpc) is 3.06. The third-order valence-corrected chi connectivity index (χ3v) is 10.2. The van der Waals surface area contributed by atoms with E-state index < -0.39 is 28.5 Å². The summed E-state index contributed by atoms with van der Waals surface area (Å²) in [5, 5.41) is 3.43. The maximum absolute atomic E-state index is 14.6. The molecule has 0 radical (unpaired) electrons. The number of sulfonamides is 1. The molecule has 248 valence electrons. The molecule has 0 fully saturated rings. The number of rotatable bonds is 15. The van der Waals surface area contributed by atoms with Crippen LogP contribution in [0.4, 0.5) is 5.69 Å². The Morgan fingerprint density at radius 2 is 1.55 bits per heavy atom. The van der Waals surface area contributed by atoms with E-state index in [1.165, 1.54) is 29.2 Å². The van der Waals surface area contributed by atoms with Crippen molar-refractivity contribution in [2.24, 2.45) is 0 Å². The Morgan fingerprint density at radius 1 is 0.894 bits per heavy atom. The van der Waals surface area contributed by atoms with Crippen molar-refractivity contribution >= 4 is 55.1 Å². The topological polar surface area (TPSA) is 96.0 Å². The number of hydrogen-bond donors (Lipinski definition) is 1. The fourth-order valence-electron chi connectivity index (χ4n) is 4.96. The zero-order valence-corrected chi connectivity index (χ0v) is 29.8. The largest absolute Gasteiger partial charge is 0.494 e. The zero-order valence-electron chi connectivity index (χ0n) is 26.6. The molecule has 0 saturated heterocycles. The summed E-state index contributed by atoms with van der Waals surface area (Å²) in [6, 6.07) is 28.2. The van der Waals surface area contributed by atoms with Gasteiger partial charge in [-0.15, -0.1) is 0 Å². The van der Waals surface area contributed by atoms with Crippen LogP contribution in [0.5, 0.6) is 5.75 Å². The predicted octanol–water partition coefficient (Wildman–Crippen LogP) is 7.25. The van der Waals surface area contributed by atoms with Crippen molar-refractivity contribution in [1.82, 2.24) is 10.2 Å². The second kappa shape index (κ2) is 16.8. The number of halogens is 2. The van der Waals surface area contributed by atoms with Gasteiger partial charge in [0, 0.05) is 28.5 Å². The summed E-state index contributed by atoms with van der Waals surface area (Å²) in [5.41, 5.74) is 1.90. The van der Waals surface area contributed by atoms with E-state index in [1.807, 2.05) is 75.4 Å². The van der Waals surface area contributed by atoms with E-state index in [9.17, 15) is 18.0 Å². The molecule has 2 atom stereocenters. The Hall–Kier alpha value is -3.86. The van der Waals surface area contributed by atoms with Gasteiger partial charge >= 0.3 is 0 Å². The molecule has 4 aromatic rings. The maximum Gasteiger partial charge on any atom is 0.264 e. The van der Waals surface area contributed by atoms with Crippen LogP contribution in [0.1, 0.15) is 38.3 Å². The summed E-state index contributed by atoms with van der Waals surface area (Å²) in [6.07, 6.45) is 0.935. The van der Waals surface area contributed by atoms with Gasteiger partial charge in [0.15, 0.2) is 0 Å². The number of anilines is 1. The van der Waals surface area contributed by atoms with Crippen LogP contribution in [0.25, 0.3) is 0 Å². The molecular weight excluding hydrogens is 702 g/mol. The Balaban J connectivity index is 1.81. The van der Waals surface area contributed by atoms with Crippen LogP contribution < -0.4 is 14.4 Å². The first-order valence-corrected chi connectivity index (χ1v) is 18.0. The average molecular weight is 741 g/mol. The molecule has 0 heterocycles. The molecule has 2 unspecified atom stereocenters. The molecule has 4 rings (SSSR count). The summed E-state index contributed by atoms with van der Waals surface area (Å²) in [4.78, 5) is 30.0. The van der Waals surface area contributed by atoms with Crippen LogP contribution in [0, 0.1) is 0 Å². The van der Waals surface area contributed by atoms with E-state index in [1.54, 1.807) is 24.3 Å². The molecule has 0 bridgehead atoms. The number of ether oxygens (including phenoxy) is 1.